The van der Waals surface area contributed by atoms with Crippen molar-refractivity contribution in [3.05, 3.63) is 21.9 Å². The first-order valence-electron chi connectivity index (χ1n) is 4.51. The molecule has 2 rings (SSSR count). The summed E-state index contributed by atoms with van der Waals surface area (Å²) in [5.74, 6) is 0. The van der Waals surface area contributed by atoms with Crippen LogP contribution in [0.2, 0.25) is 0 Å². The molecule has 0 unspecified atom stereocenters. The zero-order valence-electron chi connectivity index (χ0n) is 7.39. The van der Waals surface area contributed by atoms with Gasteiger partial charge in [-0.25, -0.2) is 0 Å². The molecule has 0 nitrogen and oxygen atoms in total. The first-order valence-corrected chi connectivity index (χ1v) is 5.45. The molecule has 0 radical (unpaired) electrons. The second-order valence-electron chi connectivity index (χ2n) is 2.63. The van der Waals surface area contributed by atoms with Gasteiger partial charge in [-0.2, -0.15) is 11.3 Å². The van der Waals surface area contributed by atoms with E-state index in [9.17, 15) is 0 Å². The molecular formula is C10H16S. The van der Waals surface area contributed by atoms with E-state index in [1.54, 1.807) is 11.1 Å². The SMILES string of the molecule is CC.c1scc2c1CCCC2. The molecule has 62 valence electrons. The fourth-order valence-corrected chi connectivity index (χ4v) is 2.35. The van der Waals surface area contributed by atoms with Gasteiger partial charge in [0.2, 0.25) is 0 Å². The largest absolute Gasteiger partial charge is 0.152 e. The van der Waals surface area contributed by atoms with Crippen molar-refractivity contribution in [3.8, 4) is 0 Å². The lowest BCUT2D eigenvalue weighted by molar-refractivity contribution is 0.690. The van der Waals surface area contributed by atoms with Crippen LogP contribution < -0.4 is 0 Å². The van der Waals surface area contributed by atoms with Gasteiger partial charge in [0, 0.05) is 0 Å². The minimum atomic E-state index is 1.33. The highest BCUT2D eigenvalue weighted by molar-refractivity contribution is 7.08. The lowest BCUT2D eigenvalue weighted by atomic mass is 9.96. The molecule has 0 aliphatic heterocycles. The fraction of sp³-hybridized carbons (Fsp3) is 0.600. The van der Waals surface area contributed by atoms with Crippen LogP contribution in [0.1, 0.15) is 37.8 Å². The number of fused-ring (bicyclic) bond motifs is 1. The Morgan fingerprint density at radius 1 is 1.00 bits per heavy atom. The maximum Gasteiger partial charge on any atom is -0.00584 e. The summed E-state index contributed by atoms with van der Waals surface area (Å²) in [7, 11) is 0. The second-order valence-corrected chi connectivity index (χ2v) is 3.37. The van der Waals surface area contributed by atoms with E-state index in [-0.39, 0.29) is 0 Å². The Bertz CT molecular complexity index is 180. The van der Waals surface area contributed by atoms with E-state index in [2.05, 4.69) is 10.8 Å². The van der Waals surface area contributed by atoms with Crippen molar-refractivity contribution in [2.24, 2.45) is 0 Å². The van der Waals surface area contributed by atoms with Gasteiger partial charge >= 0.3 is 0 Å². The summed E-state index contributed by atoms with van der Waals surface area (Å²) in [6.07, 6.45) is 5.48. The molecule has 1 heterocycles. The Balaban J connectivity index is 0.000000281. The van der Waals surface area contributed by atoms with Crippen LogP contribution in [0, 0.1) is 0 Å². The summed E-state index contributed by atoms with van der Waals surface area (Å²) in [6.45, 7) is 4.00. The highest BCUT2D eigenvalue weighted by Crippen LogP contribution is 2.23. The van der Waals surface area contributed by atoms with Crippen LogP contribution in [-0.2, 0) is 12.8 Å². The highest BCUT2D eigenvalue weighted by Gasteiger charge is 2.07. The minimum Gasteiger partial charge on any atom is -0.152 e. The van der Waals surface area contributed by atoms with Crippen molar-refractivity contribution in [2.45, 2.75) is 39.5 Å². The van der Waals surface area contributed by atoms with Crippen LogP contribution in [-0.4, -0.2) is 0 Å². The molecule has 1 aromatic rings. The van der Waals surface area contributed by atoms with Gasteiger partial charge in [0.25, 0.3) is 0 Å². The lowest BCUT2D eigenvalue weighted by Gasteiger charge is -2.08. The van der Waals surface area contributed by atoms with Crippen LogP contribution in [0.3, 0.4) is 0 Å². The quantitative estimate of drug-likeness (QED) is 0.554. The summed E-state index contributed by atoms with van der Waals surface area (Å²) in [5.41, 5.74) is 3.23. The highest BCUT2D eigenvalue weighted by atomic mass is 32.1. The topological polar surface area (TPSA) is 0 Å². The van der Waals surface area contributed by atoms with Crippen molar-refractivity contribution >= 4 is 11.3 Å². The number of hydrogen-bond acceptors (Lipinski definition) is 1. The van der Waals surface area contributed by atoms with Crippen molar-refractivity contribution in [3.63, 3.8) is 0 Å². The maximum atomic E-state index is 2.30. The van der Waals surface area contributed by atoms with Crippen LogP contribution in [0.15, 0.2) is 10.8 Å². The molecule has 0 fully saturated rings. The molecule has 1 aromatic heterocycles. The number of aryl methyl sites for hydroxylation is 2. The van der Waals surface area contributed by atoms with Gasteiger partial charge in [-0.05, 0) is 47.6 Å². The van der Waals surface area contributed by atoms with Gasteiger partial charge in [-0.15, -0.1) is 0 Å². The molecule has 1 heteroatoms. The van der Waals surface area contributed by atoms with Crippen LogP contribution in [0.25, 0.3) is 0 Å². The third kappa shape index (κ3) is 2.06. The molecule has 0 amide bonds. The molecule has 0 saturated carbocycles. The average molecular weight is 168 g/mol. The Labute approximate surface area is 73.3 Å². The van der Waals surface area contributed by atoms with E-state index in [0.29, 0.717) is 0 Å². The average Bonchev–Trinajstić information content (AvgIpc) is 2.55. The molecule has 0 aromatic carbocycles. The van der Waals surface area contributed by atoms with Gasteiger partial charge in [0.1, 0.15) is 0 Å². The van der Waals surface area contributed by atoms with Gasteiger partial charge < -0.3 is 0 Å². The Morgan fingerprint density at radius 2 is 1.45 bits per heavy atom. The molecule has 0 saturated heterocycles. The Hall–Kier alpha value is -0.300. The normalized spacial score (nSPS) is 14.7. The Kier molecular flexibility index (Phi) is 3.64. The fourth-order valence-electron chi connectivity index (χ4n) is 1.42. The molecule has 1 aliphatic rings. The zero-order chi connectivity index (χ0) is 8.10. The van der Waals surface area contributed by atoms with Gasteiger partial charge in [-0.3, -0.25) is 0 Å². The predicted octanol–water partition coefficient (Wildman–Crippen LogP) is 3.65. The van der Waals surface area contributed by atoms with Crippen molar-refractivity contribution in [2.75, 3.05) is 0 Å². The summed E-state index contributed by atoms with van der Waals surface area (Å²) in [6, 6.07) is 0. The molecule has 11 heavy (non-hydrogen) atoms. The number of rotatable bonds is 0. The van der Waals surface area contributed by atoms with E-state index in [1.165, 1.54) is 25.7 Å². The lowest BCUT2D eigenvalue weighted by Crippen LogP contribution is -1.97. The first kappa shape index (κ1) is 8.79. The van der Waals surface area contributed by atoms with E-state index in [4.69, 9.17) is 0 Å². The van der Waals surface area contributed by atoms with Crippen LogP contribution in [0.4, 0.5) is 0 Å². The molecule has 1 aliphatic carbocycles. The zero-order valence-corrected chi connectivity index (χ0v) is 8.21. The van der Waals surface area contributed by atoms with Crippen molar-refractivity contribution < 1.29 is 0 Å². The summed E-state index contributed by atoms with van der Waals surface area (Å²) >= 11 is 1.86. The molecule has 0 N–H and O–H groups in total. The number of hydrogen-bond donors (Lipinski definition) is 0. The van der Waals surface area contributed by atoms with Gasteiger partial charge in [-0.1, -0.05) is 13.8 Å². The monoisotopic (exact) mass is 168 g/mol. The standard InChI is InChI=1S/C8H10S.C2H6/c1-2-4-8-6-9-5-7(8)3-1;1-2/h5-6H,1-4H2;1-2H3. The third-order valence-corrected chi connectivity index (χ3v) is 2.82. The maximum absolute atomic E-state index is 2.30. The van der Waals surface area contributed by atoms with E-state index < -0.39 is 0 Å². The molecule has 0 bridgehead atoms. The van der Waals surface area contributed by atoms with E-state index in [1.807, 2.05) is 25.2 Å². The molecule has 0 atom stereocenters. The van der Waals surface area contributed by atoms with Crippen molar-refractivity contribution in [1.29, 1.82) is 0 Å². The predicted molar refractivity (Wildman–Crippen MR) is 52.3 cm³/mol. The van der Waals surface area contributed by atoms with Crippen LogP contribution in [0.5, 0.6) is 0 Å². The first-order chi connectivity index (χ1) is 5.47. The Morgan fingerprint density at radius 3 is 1.91 bits per heavy atom. The number of thiophene rings is 1. The summed E-state index contributed by atoms with van der Waals surface area (Å²) in [4.78, 5) is 0. The van der Waals surface area contributed by atoms with Crippen molar-refractivity contribution in [1.82, 2.24) is 0 Å². The smallest absolute Gasteiger partial charge is 0.00584 e. The van der Waals surface area contributed by atoms with Gasteiger partial charge in [0.05, 0.1) is 0 Å². The van der Waals surface area contributed by atoms with Gasteiger partial charge in [0.15, 0.2) is 0 Å². The molecule has 0 spiro atoms. The molecular weight excluding hydrogens is 152 g/mol. The summed E-state index contributed by atoms with van der Waals surface area (Å²) in [5, 5.41) is 4.60. The summed E-state index contributed by atoms with van der Waals surface area (Å²) < 4.78 is 0. The van der Waals surface area contributed by atoms with Crippen LogP contribution >= 0.6 is 11.3 Å². The third-order valence-electron chi connectivity index (χ3n) is 1.98. The second kappa shape index (κ2) is 4.55. The van der Waals surface area contributed by atoms with E-state index >= 15 is 0 Å². The minimum absolute atomic E-state index is 1.33. The van der Waals surface area contributed by atoms with E-state index in [0.717, 1.165) is 0 Å².